The Morgan fingerprint density at radius 2 is 1.57 bits per heavy atom. The molecule has 230 valence electrons. The molecule has 4 rings (SSSR count). The summed E-state index contributed by atoms with van der Waals surface area (Å²) in [5.41, 5.74) is 1.28. The molecule has 0 spiro atoms. The first-order chi connectivity index (χ1) is 19.7. The van der Waals surface area contributed by atoms with E-state index in [-0.39, 0.29) is 18.8 Å². The van der Waals surface area contributed by atoms with Gasteiger partial charge in [-0.25, -0.2) is 32.2 Å². The highest BCUT2D eigenvalue weighted by Crippen LogP contribution is 2.32. The second-order valence-electron chi connectivity index (χ2n) is 9.44. The van der Waals surface area contributed by atoms with Gasteiger partial charge in [0.15, 0.2) is 17.4 Å². The number of likely N-dealkylation sites (N-methyl/N-ethyl adjacent to an activating group) is 1. The van der Waals surface area contributed by atoms with Crippen LogP contribution in [-0.2, 0) is 25.0 Å². The van der Waals surface area contributed by atoms with Crippen LogP contribution < -0.4 is 14.9 Å². The van der Waals surface area contributed by atoms with Gasteiger partial charge in [0.25, 0.3) is 5.91 Å². The number of nitrogens with one attached hydrogen (secondary N) is 2. The number of hydrogen-bond acceptors (Lipinski definition) is 9. The molecule has 2 aromatic carbocycles. The molecule has 42 heavy (non-hydrogen) atoms. The predicted octanol–water partition coefficient (Wildman–Crippen LogP) is 0.793. The van der Waals surface area contributed by atoms with Crippen molar-refractivity contribution in [1.29, 1.82) is 0 Å². The lowest BCUT2D eigenvalue weighted by atomic mass is 10.2. The van der Waals surface area contributed by atoms with E-state index >= 15 is 0 Å². The molecule has 0 aliphatic carbocycles. The molecule has 0 saturated carbocycles. The van der Waals surface area contributed by atoms with Crippen LogP contribution in [0.15, 0.2) is 41.3 Å². The molecule has 1 atom stereocenters. The van der Waals surface area contributed by atoms with Gasteiger partial charge < -0.3 is 14.5 Å². The van der Waals surface area contributed by atoms with Gasteiger partial charge in [0.05, 0.1) is 4.90 Å². The van der Waals surface area contributed by atoms with E-state index in [9.17, 15) is 40.4 Å². The van der Waals surface area contributed by atoms with Gasteiger partial charge in [-0.05, 0) is 43.4 Å². The molecule has 2 heterocycles. The summed E-state index contributed by atoms with van der Waals surface area (Å²) in [7, 11) is -7.54. The molecule has 2 fully saturated rings. The van der Waals surface area contributed by atoms with Crippen molar-refractivity contribution in [2.75, 3.05) is 52.9 Å². The van der Waals surface area contributed by atoms with Crippen LogP contribution in [-0.4, -0.2) is 111 Å². The number of carbonyl (C=O) groups excluding carboxylic acids is 2. The van der Waals surface area contributed by atoms with Crippen molar-refractivity contribution in [2.45, 2.75) is 10.9 Å². The minimum Gasteiger partial charge on any atom is -0.451 e. The zero-order valence-corrected chi connectivity index (χ0v) is 24.4. The van der Waals surface area contributed by atoms with Gasteiger partial charge in [-0.1, -0.05) is 11.6 Å². The van der Waals surface area contributed by atoms with Crippen LogP contribution in [0.4, 0.5) is 13.6 Å². The number of piperazine rings is 2. The molecule has 0 unspecified atom stereocenters. The highest BCUT2D eigenvalue weighted by Gasteiger charge is 2.44. The summed E-state index contributed by atoms with van der Waals surface area (Å²) in [4.78, 5) is 27.4. The second kappa shape index (κ2) is 12.6. The van der Waals surface area contributed by atoms with Gasteiger partial charge in [-0.2, -0.15) is 17.0 Å². The average Bonchev–Trinajstić information content (AvgIpc) is 2.95. The fourth-order valence-electron chi connectivity index (χ4n) is 4.32. The highest BCUT2D eigenvalue weighted by atomic mass is 35.5. The Kier molecular flexibility index (Phi) is 9.55. The molecule has 0 aromatic heterocycles. The van der Waals surface area contributed by atoms with Crippen molar-refractivity contribution in [2.24, 2.45) is 0 Å². The van der Waals surface area contributed by atoms with E-state index in [0.717, 1.165) is 0 Å². The average molecular weight is 653 g/mol. The van der Waals surface area contributed by atoms with Crippen molar-refractivity contribution in [3.63, 3.8) is 0 Å². The van der Waals surface area contributed by atoms with Crippen molar-refractivity contribution < 1.29 is 45.1 Å². The van der Waals surface area contributed by atoms with E-state index in [1.165, 1.54) is 34.6 Å². The van der Waals surface area contributed by atoms with Crippen LogP contribution in [0.1, 0.15) is 0 Å². The first-order valence-corrected chi connectivity index (χ1v) is 15.6. The standard InChI is InChI=1S/C23H27ClF2N6O8S2/c1-29-6-8-30(9-7-29)23(34)28-42(38,39)31-10-11-32(20(14-31)22(33)27-35)41(36,37)17-12-18(25)21(19(26)13-17)40-16-4-2-15(24)3-5-16/h2-5,12-13,20,35H,6-11,14H2,1H3,(H,27,33)(H,28,34)/t20-/m1/s1. The van der Waals surface area contributed by atoms with E-state index in [2.05, 4.69) is 0 Å². The first kappa shape index (κ1) is 31.8. The molecule has 3 amide bonds. The van der Waals surface area contributed by atoms with E-state index in [0.29, 0.717) is 38.9 Å². The molecule has 2 aromatic rings. The Bertz CT molecular complexity index is 1530. The smallest absolute Gasteiger partial charge is 0.332 e. The number of ether oxygens (including phenoxy) is 1. The number of rotatable bonds is 7. The Labute approximate surface area is 245 Å². The van der Waals surface area contributed by atoms with Crippen LogP contribution in [0.2, 0.25) is 5.02 Å². The maximum Gasteiger partial charge on any atom is 0.332 e. The maximum absolute atomic E-state index is 14.9. The molecule has 0 bridgehead atoms. The summed E-state index contributed by atoms with van der Waals surface area (Å²) in [6, 6.07) is 3.71. The number of halogens is 3. The molecule has 0 radical (unpaired) electrons. The minimum atomic E-state index is -4.83. The first-order valence-electron chi connectivity index (χ1n) is 12.4. The van der Waals surface area contributed by atoms with Crippen molar-refractivity contribution >= 4 is 43.8 Å². The topological polar surface area (TPSA) is 169 Å². The van der Waals surface area contributed by atoms with E-state index in [1.807, 2.05) is 16.7 Å². The maximum atomic E-state index is 14.9. The Hall–Kier alpha value is -3.13. The van der Waals surface area contributed by atoms with Crippen LogP contribution in [0.25, 0.3) is 0 Å². The monoisotopic (exact) mass is 652 g/mol. The number of urea groups is 1. The highest BCUT2D eigenvalue weighted by molar-refractivity contribution is 7.89. The number of benzene rings is 2. The van der Waals surface area contributed by atoms with Crippen LogP contribution in [0.5, 0.6) is 11.5 Å². The normalized spacial score (nSPS) is 19.4. The summed E-state index contributed by atoms with van der Waals surface area (Å²) < 4.78 is 90.8. The van der Waals surface area contributed by atoms with Gasteiger partial charge in [-0.15, -0.1) is 0 Å². The fraction of sp³-hybridized carbons (Fsp3) is 0.391. The molecule has 2 aliphatic rings. The predicted molar refractivity (Wildman–Crippen MR) is 144 cm³/mol. The zero-order valence-electron chi connectivity index (χ0n) is 22.0. The SMILES string of the molecule is CN1CCN(C(=O)NS(=O)(=O)N2CCN(S(=O)(=O)c3cc(F)c(Oc4ccc(Cl)cc4)c(F)c3)[C@@H](C(=O)NO)C2)CC1. The quantitative estimate of drug-likeness (QED) is 0.289. The Morgan fingerprint density at radius 1 is 0.976 bits per heavy atom. The lowest BCUT2D eigenvalue weighted by Gasteiger charge is -2.38. The lowest BCUT2D eigenvalue weighted by Crippen LogP contribution is -2.63. The Morgan fingerprint density at radius 3 is 2.14 bits per heavy atom. The van der Waals surface area contributed by atoms with Crippen molar-refractivity contribution in [3.8, 4) is 11.5 Å². The largest absolute Gasteiger partial charge is 0.451 e. The van der Waals surface area contributed by atoms with Crippen molar-refractivity contribution in [1.82, 2.24) is 28.6 Å². The third-order valence-electron chi connectivity index (χ3n) is 6.67. The second-order valence-corrected chi connectivity index (χ2v) is 13.4. The zero-order chi connectivity index (χ0) is 30.8. The number of amides is 3. The van der Waals surface area contributed by atoms with Gasteiger partial charge in [-0.3, -0.25) is 10.0 Å². The summed E-state index contributed by atoms with van der Waals surface area (Å²) >= 11 is 5.78. The molecule has 14 nitrogen and oxygen atoms in total. The van der Waals surface area contributed by atoms with E-state index < -0.39 is 80.1 Å². The van der Waals surface area contributed by atoms with Gasteiger partial charge >= 0.3 is 16.2 Å². The molecule has 2 aliphatic heterocycles. The minimum absolute atomic E-state index is 0.0181. The summed E-state index contributed by atoms with van der Waals surface area (Å²) in [5, 5.41) is 9.58. The molecule has 19 heteroatoms. The van der Waals surface area contributed by atoms with Gasteiger partial charge in [0.2, 0.25) is 10.0 Å². The molecular weight excluding hydrogens is 626 g/mol. The number of hydrogen-bond donors (Lipinski definition) is 3. The lowest BCUT2D eigenvalue weighted by molar-refractivity contribution is -0.134. The molecule has 2 saturated heterocycles. The van der Waals surface area contributed by atoms with E-state index in [1.54, 1.807) is 0 Å². The number of nitrogens with zero attached hydrogens (tertiary/aromatic N) is 4. The fourth-order valence-corrected chi connectivity index (χ4v) is 7.18. The van der Waals surface area contributed by atoms with Gasteiger partial charge in [0, 0.05) is 50.8 Å². The molecular formula is C23H27ClF2N6O8S2. The molecule has 3 N–H and O–H groups in total. The van der Waals surface area contributed by atoms with Gasteiger partial charge in [0.1, 0.15) is 11.8 Å². The number of carbonyl (C=O) groups is 2. The Balaban J connectivity index is 1.54. The van der Waals surface area contributed by atoms with Crippen LogP contribution in [0, 0.1) is 11.6 Å². The van der Waals surface area contributed by atoms with Crippen molar-refractivity contribution in [3.05, 3.63) is 53.1 Å². The number of sulfonamides is 1. The van der Waals surface area contributed by atoms with Crippen LogP contribution >= 0.6 is 11.6 Å². The van der Waals surface area contributed by atoms with E-state index in [4.69, 9.17) is 16.3 Å². The number of hydroxylamine groups is 1. The third kappa shape index (κ3) is 6.91. The third-order valence-corrected chi connectivity index (χ3v) is 10.2. The van der Waals surface area contributed by atoms with Crippen LogP contribution in [0.3, 0.4) is 0 Å². The summed E-state index contributed by atoms with van der Waals surface area (Å²) in [6.07, 6.45) is 0. The summed E-state index contributed by atoms with van der Waals surface area (Å²) in [6.45, 7) is -0.402. The summed E-state index contributed by atoms with van der Waals surface area (Å²) in [5.74, 6) is -4.94.